The van der Waals surface area contributed by atoms with E-state index >= 15 is 0 Å². The molecule has 0 aromatic rings. The molecule has 0 amide bonds. The molecule has 2 aliphatic heterocycles. The molecule has 0 saturated heterocycles. The van der Waals surface area contributed by atoms with E-state index in [1.807, 2.05) is 47.0 Å². The fraction of sp³-hybridized carbons (Fsp3) is 0.125. The fourth-order valence-electron chi connectivity index (χ4n) is 2.61. The van der Waals surface area contributed by atoms with Crippen molar-refractivity contribution >= 4 is 47.0 Å². The van der Waals surface area contributed by atoms with Crippen LogP contribution in [0.1, 0.15) is 13.8 Å². The van der Waals surface area contributed by atoms with Gasteiger partial charge in [0.15, 0.2) is 0 Å². The average Bonchev–Trinajstić information content (AvgIpc) is 2.99. The number of hydrogen-bond acceptors (Lipinski definition) is 4. The maximum absolute atomic E-state index is 2.36. The summed E-state index contributed by atoms with van der Waals surface area (Å²) in [6.07, 6.45) is 4.71. The molecule has 100 valence electrons. The lowest BCUT2D eigenvalue weighted by Crippen LogP contribution is -1.90. The van der Waals surface area contributed by atoms with E-state index in [4.69, 9.17) is 0 Å². The molecule has 2 heterocycles. The van der Waals surface area contributed by atoms with Crippen LogP contribution in [-0.4, -0.2) is 0 Å². The molecule has 0 atom stereocenters. The van der Waals surface area contributed by atoms with Crippen LogP contribution >= 0.6 is 47.0 Å². The maximum Gasteiger partial charge on any atom is 0.0337 e. The van der Waals surface area contributed by atoms with Gasteiger partial charge in [0.25, 0.3) is 0 Å². The van der Waals surface area contributed by atoms with Gasteiger partial charge in [0.05, 0.1) is 0 Å². The Bertz CT molecular complexity index is 662. The zero-order valence-electron chi connectivity index (χ0n) is 11.1. The average molecular weight is 333 g/mol. The summed E-state index contributed by atoms with van der Waals surface area (Å²) in [5, 5.41) is 8.76. The Morgan fingerprint density at radius 1 is 0.550 bits per heavy atom. The minimum Gasteiger partial charge on any atom is -0.0960 e. The molecule has 4 rings (SSSR count). The summed E-state index contributed by atoms with van der Waals surface area (Å²) in [6, 6.07) is 0. The minimum atomic E-state index is 1.40. The van der Waals surface area contributed by atoms with E-state index in [-0.39, 0.29) is 0 Å². The van der Waals surface area contributed by atoms with Crippen LogP contribution in [0.3, 0.4) is 0 Å². The quantitative estimate of drug-likeness (QED) is 0.494. The lowest BCUT2D eigenvalue weighted by molar-refractivity contribution is 1.52. The van der Waals surface area contributed by atoms with E-state index in [0.717, 1.165) is 0 Å². The number of allylic oxidation sites excluding steroid dienone is 6. The van der Waals surface area contributed by atoms with E-state index in [1.165, 1.54) is 41.9 Å². The number of hydrogen-bond donors (Lipinski definition) is 0. The predicted octanol–water partition coefficient (Wildman–Crippen LogP) is 6.53. The van der Waals surface area contributed by atoms with Gasteiger partial charge in [-0.05, 0) is 69.9 Å². The van der Waals surface area contributed by atoms with Crippen molar-refractivity contribution in [3.63, 3.8) is 0 Å². The largest absolute Gasteiger partial charge is 0.0960 e. The van der Waals surface area contributed by atoms with Gasteiger partial charge < -0.3 is 0 Å². The molecular formula is C16H12S4. The second-order valence-corrected chi connectivity index (χ2v) is 8.48. The third-order valence-electron chi connectivity index (χ3n) is 3.48. The van der Waals surface area contributed by atoms with E-state index in [1.54, 1.807) is 0 Å². The summed E-state index contributed by atoms with van der Waals surface area (Å²) in [4.78, 5) is 5.74. The molecule has 0 spiro atoms. The SMILES string of the molecule is CC1=C/C(=C2\C=C(C)C3=C2SC=CS3)C2=C1SC=CS2. The van der Waals surface area contributed by atoms with Crippen LogP contribution in [-0.2, 0) is 0 Å². The van der Waals surface area contributed by atoms with Gasteiger partial charge in [-0.15, -0.1) is 0 Å². The van der Waals surface area contributed by atoms with Crippen LogP contribution < -0.4 is 0 Å². The van der Waals surface area contributed by atoms with Crippen molar-refractivity contribution in [2.45, 2.75) is 13.8 Å². The van der Waals surface area contributed by atoms with E-state index in [2.05, 4.69) is 47.6 Å². The Morgan fingerprint density at radius 2 is 0.900 bits per heavy atom. The molecule has 0 bridgehead atoms. The second kappa shape index (κ2) is 5.09. The molecule has 0 aromatic carbocycles. The van der Waals surface area contributed by atoms with Gasteiger partial charge in [-0.1, -0.05) is 47.0 Å². The van der Waals surface area contributed by atoms with E-state index < -0.39 is 0 Å². The second-order valence-electron chi connectivity index (χ2n) is 4.81. The molecule has 0 N–H and O–H groups in total. The molecular weight excluding hydrogens is 320 g/mol. The fourth-order valence-corrected chi connectivity index (χ4v) is 6.67. The van der Waals surface area contributed by atoms with Gasteiger partial charge in [0.1, 0.15) is 0 Å². The molecule has 0 fully saturated rings. The van der Waals surface area contributed by atoms with Gasteiger partial charge in [-0.3, -0.25) is 0 Å². The molecule has 0 unspecified atom stereocenters. The zero-order chi connectivity index (χ0) is 13.7. The van der Waals surface area contributed by atoms with Crippen molar-refractivity contribution < 1.29 is 0 Å². The normalized spacial score (nSPS) is 27.9. The van der Waals surface area contributed by atoms with Crippen LogP contribution in [0.25, 0.3) is 0 Å². The summed E-state index contributed by atoms with van der Waals surface area (Å²) in [5.41, 5.74) is 5.61. The summed E-state index contributed by atoms with van der Waals surface area (Å²) in [5.74, 6) is 0. The lowest BCUT2D eigenvalue weighted by Gasteiger charge is -2.14. The standard InChI is InChI=1S/C16H12S4/c1-9-7-11(15-13(9)17-3-5-19-15)12-8-10(2)14-16(12)20-6-4-18-14/h3-8H,1-2H3/b12-11-. The maximum atomic E-state index is 2.36. The van der Waals surface area contributed by atoms with Crippen molar-refractivity contribution in [2.75, 3.05) is 0 Å². The summed E-state index contributed by atoms with van der Waals surface area (Å²) < 4.78 is 0. The number of rotatable bonds is 0. The Labute approximate surface area is 136 Å². The Balaban J connectivity index is 1.89. The molecule has 20 heavy (non-hydrogen) atoms. The third kappa shape index (κ3) is 1.97. The van der Waals surface area contributed by atoms with Crippen molar-refractivity contribution in [1.82, 2.24) is 0 Å². The Kier molecular flexibility index (Phi) is 3.38. The molecule has 4 heteroatoms. The molecule has 2 aliphatic carbocycles. The van der Waals surface area contributed by atoms with Crippen LogP contribution in [0.15, 0.2) is 75.7 Å². The highest BCUT2D eigenvalue weighted by Crippen LogP contribution is 2.54. The summed E-state index contributed by atoms with van der Waals surface area (Å²) >= 11 is 7.41. The van der Waals surface area contributed by atoms with Gasteiger partial charge >= 0.3 is 0 Å². The molecule has 4 aliphatic rings. The Morgan fingerprint density at radius 3 is 1.30 bits per heavy atom. The van der Waals surface area contributed by atoms with E-state index in [9.17, 15) is 0 Å². The first-order valence-corrected chi connectivity index (χ1v) is 9.85. The topological polar surface area (TPSA) is 0 Å². The van der Waals surface area contributed by atoms with Crippen molar-refractivity contribution in [1.29, 1.82) is 0 Å². The third-order valence-corrected chi connectivity index (χ3v) is 8.02. The summed E-state index contributed by atoms with van der Waals surface area (Å²) in [6.45, 7) is 4.44. The molecule has 0 aromatic heterocycles. The molecule has 0 radical (unpaired) electrons. The van der Waals surface area contributed by atoms with Crippen molar-refractivity contribution in [2.24, 2.45) is 0 Å². The summed E-state index contributed by atoms with van der Waals surface area (Å²) in [7, 11) is 0. The lowest BCUT2D eigenvalue weighted by atomic mass is 10.1. The van der Waals surface area contributed by atoms with Crippen molar-refractivity contribution in [3.8, 4) is 0 Å². The number of thioether (sulfide) groups is 4. The zero-order valence-corrected chi connectivity index (χ0v) is 14.4. The van der Waals surface area contributed by atoms with Crippen LogP contribution in [0, 0.1) is 0 Å². The van der Waals surface area contributed by atoms with Crippen LogP contribution in [0.5, 0.6) is 0 Å². The van der Waals surface area contributed by atoms with Gasteiger partial charge in [0, 0.05) is 19.6 Å². The smallest absolute Gasteiger partial charge is 0.0337 e. The highest BCUT2D eigenvalue weighted by atomic mass is 32.2. The van der Waals surface area contributed by atoms with Gasteiger partial charge in [-0.25, -0.2) is 0 Å². The molecule has 0 nitrogen and oxygen atoms in total. The van der Waals surface area contributed by atoms with Crippen LogP contribution in [0.4, 0.5) is 0 Å². The van der Waals surface area contributed by atoms with Crippen LogP contribution in [0.2, 0.25) is 0 Å². The Hall–Kier alpha value is -0.420. The minimum absolute atomic E-state index is 1.40. The first-order chi connectivity index (χ1) is 9.75. The highest BCUT2D eigenvalue weighted by molar-refractivity contribution is 8.13. The van der Waals surface area contributed by atoms with Gasteiger partial charge in [0.2, 0.25) is 0 Å². The first-order valence-electron chi connectivity index (χ1n) is 6.33. The first kappa shape index (κ1) is 13.3. The highest BCUT2D eigenvalue weighted by Gasteiger charge is 2.29. The predicted molar refractivity (Wildman–Crippen MR) is 97.2 cm³/mol. The monoisotopic (exact) mass is 332 g/mol. The van der Waals surface area contributed by atoms with Crippen molar-refractivity contribution in [3.05, 3.63) is 75.7 Å². The van der Waals surface area contributed by atoms with Gasteiger partial charge in [-0.2, -0.15) is 0 Å². The van der Waals surface area contributed by atoms with E-state index in [0.29, 0.717) is 0 Å². The molecule has 0 saturated carbocycles.